The lowest BCUT2D eigenvalue weighted by Gasteiger charge is -2.13. The van der Waals surface area contributed by atoms with Crippen molar-refractivity contribution >= 4 is 45.5 Å². The van der Waals surface area contributed by atoms with E-state index in [1.807, 2.05) is 39.0 Å². The van der Waals surface area contributed by atoms with E-state index in [0.717, 1.165) is 33.3 Å². The van der Waals surface area contributed by atoms with Crippen LogP contribution in [0.5, 0.6) is 0 Å². The summed E-state index contributed by atoms with van der Waals surface area (Å²) < 4.78 is 6.17. The standard InChI is InChI=1S/C27H25NO.C2H6/c1-5-7-12-20-17-22-26(16-19(20)4)29-25-15-9-14-24(27(22)25)28-23-13-8-11-18(3)21(23)10-6-2;1-2/h5-17,28H,1H2,2-4H3;1-2H3/b10-6-,12-7-;. The van der Waals surface area contributed by atoms with E-state index in [0.29, 0.717) is 0 Å². The minimum absolute atomic E-state index is 0.884. The molecular weight excluding hydrogens is 378 g/mol. The van der Waals surface area contributed by atoms with Gasteiger partial charge in [-0.1, -0.05) is 69.0 Å². The molecule has 0 aliphatic rings. The van der Waals surface area contributed by atoms with E-state index in [4.69, 9.17) is 4.42 Å². The number of benzene rings is 3. The average Bonchev–Trinajstić information content (AvgIpc) is 3.14. The summed E-state index contributed by atoms with van der Waals surface area (Å²) in [4.78, 5) is 0. The molecule has 0 spiro atoms. The van der Waals surface area contributed by atoms with E-state index >= 15 is 0 Å². The third kappa shape index (κ3) is 4.49. The number of fused-ring (bicyclic) bond motifs is 3. The number of hydrogen-bond donors (Lipinski definition) is 1. The summed E-state index contributed by atoms with van der Waals surface area (Å²) >= 11 is 0. The second kappa shape index (κ2) is 9.99. The molecule has 0 aliphatic heterocycles. The molecule has 31 heavy (non-hydrogen) atoms. The minimum atomic E-state index is 0.884. The van der Waals surface area contributed by atoms with Crippen LogP contribution in [0.25, 0.3) is 34.1 Å². The van der Waals surface area contributed by atoms with Crippen LogP contribution in [0.2, 0.25) is 0 Å². The van der Waals surface area contributed by atoms with Crippen LogP contribution in [0.3, 0.4) is 0 Å². The molecule has 0 atom stereocenters. The highest BCUT2D eigenvalue weighted by atomic mass is 16.3. The average molecular weight is 410 g/mol. The van der Waals surface area contributed by atoms with Gasteiger partial charge in [0.15, 0.2) is 0 Å². The van der Waals surface area contributed by atoms with Gasteiger partial charge in [-0.15, -0.1) is 0 Å². The Kier molecular flexibility index (Phi) is 7.15. The number of aryl methyl sites for hydroxylation is 2. The fourth-order valence-corrected chi connectivity index (χ4v) is 3.77. The van der Waals surface area contributed by atoms with Crippen LogP contribution in [0.1, 0.15) is 43.0 Å². The van der Waals surface area contributed by atoms with Crippen LogP contribution in [0.4, 0.5) is 11.4 Å². The van der Waals surface area contributed by atoms with Gasteiger partial charge in [0.25, 0.3) is 0 Å². The molecule has 0 bridgehead atoms. The van der Waals surface area contributed by atoms with Crippen molar-refractivity contribution in [3.05, 3.63) is 95.6 Å². The van der Waals surface area contributed by atoms with Gasteiger partial charge < -0.3 is 9.73 Å². The summed E-state index contributed by atoms with van der Waals surface area (Å²) in [5, 5.41) is 5.86. The smallest absolute Gasteiger partial charge is 0.137 e. The zero-order valence-corrected chi connectivity index (χ0v) is 19.1. The first-order chi connectivity index (χ1) is 15.1. The number of anilines is 2. The van der Waals surface area contributed by atoms with Gasteiger partial charge in [0.1, 0.15) is 11.2 Å². The van der Waals surface area contributed by atoms with Crippen molar-refractivity contribution in [2.45, 2.75) is 34.6 Å². The maximum atomic E-state index is 6.17. The first-order valence-electron chi connectivity index (χ1n) is 10.9. The Labute approximate surface area is 185 Å². The van der Waals surface area contributed by atoms with Crippen LogP contribution in [-0.4, -0.2) is 0 Å². The number of nitrogens with one attached hydrogen (secondary N) is 1. The zero-order valence-electron chi connectivity index (χ0n) is 19.1. The van der Waals surface area contributed by atoms with E-state index < -0.39 is 0 Å². The largest absolute Gasteiger partial charge is 0.456 e. The van der Waals surface area contributed by atoms with Gasteiger partial charge in [-0.2, -0.15) is 0 Å². The maximum absolute atomic E-state index is 6.17. The van der Waals surface area contributed by atoms with E-state index in [2.05, 4.69) is 80.4 Å². The quantitative estimate of drug-likeness (QED) is 0.332. The molecule has 1 heterocycles. The van der Waals surface area contributed by atoms with Crippen molar-refractivity contribution in [1.29, 1.82) is 0 Å². The molecule has 1 aromatic heterocycles. The molecule has 0 radical (unpaired) electrons. The van der Waals surface area contributed by atoms with E-state index in [1.165, 1.54) is 22.3 Å². The van der Waals surface area contributed by atoms with Crippen molar-refractivity contribution < 1.29 is 4.42 Å². The van der Waals surface area contributed by atoms with Gasteiger partial charge >= 0.3 is 0 Å². The highest BCUT2D eigenvalue weighted by molar-refractivity contribution is 6.12. The molecule has 0 fully saturated rings. The molecule has 0 saturated carbocycles. The molecule has 2 nitrogen and oxygen atoms in total. The summed E-state index contributed by atoms with van der Waals surface area (Å²) in [5.41, 5.74) is 8.70. The Morgan fingerprint density at radius 1 is 0.871 bits per heavy atom. The van der Waals surface area contributed by atoms with Crippen LogP contribution >= 0.6 is 0 Å². The fourth-order valence-electron chi connectivity index (χ4n) is 3.77. The van der Waals surface area contributed by atoms with Crippen LogP contribution in [0.15, 0.2) is 77.8 Å². The van der Waals surface area contributed by atoms with Gasteiger partial charge in [0.05, 0.1) is 11.1 Å². The molecule has 4 rings (SSSR count). The molecule has 2 heteroatoms. The molecule has 0 aliphatic carbocycles. The van der Waals surface area contributed by atoms with Crippen molar-refractivity contribution in [2.75, 3.05) is 5.32 Å². The highest BCUT2D eigenvalue weighted by Crippen LogP contribution is 2.38. The van der Waals surface area contributed by atoms with Crippen LogP contribution in [0, 0.1) is 13.8 Å². The molecule has 158 valence electrons. The molecule has 0 amide bonds. The zero-order chi connectivity index (χ0) is 22.4. The Morgan fingerprint density at radius 3 is 2.35 bits per heavy atom. The second-order valence-electron chi connectivity index (χ2n) is 7.24. The van der Waals surface area contributed by atoms with Gasteiger partial charge in [0.2, 0.25) is 0 Å². The van der Waals surface area contributed by atoms with Crippen molar-refractivity contribution in [1.82, 2.24) is 0 Å². The van der Waals surface area contributed by atoms with Crippen LogP contribution < -0.4 is 5.32 Å². The minimum Gasteiger partial charge on any atom is -0.456 e. The summed E-state index contributed by atoms with van der Waals surface area (Å²) in [5.74, 6) is 0. The lowest BCUT2D eigenvalue weighted by atomic mass is 10.0. The Balaban J connectivity index is 0.00000132. The number of allylic oxidation sites excluding steroid dienone is 3. The van der Waals surface area contributed by atoms with Crippen LogP contribution in [-0.2, 0) is 0 Å². The first kappa shape index (κ1) is 22.2. The molecule has 0 saturated heterocycles. The third-order valence-corrected chi connectivity index (χ3v) is 5.22. The van der Waals surface area contributed by atoms with Crippen molar-refractivity contribution in [3.63, 3.8) is 0 Å². The first-order valence-corrected chi connectivity index (χ1v) is 10.9. The van der Waals surface area contributed by atoms with Crippen molar-refractivity contribution in [2.24, 2.45) is 0 Å². The topological polar surface area (TPSA) is 25.2 Å². The Bertz CT molecular complexity index is 1270. The molecule has 4 aromatic rings. The number of rotatable bonds is 5. The van der Waals surface area contributed by atoms with E-state index in [9.17, 15) is 0 Å². The predicted molar refractivity (Wildman–Crippen MR) is 138 cm³/mol. The SMILES string of the molecule is C=C/C=C\c1cc2c(cc1C)oc1cccc(Nc3cccc(C)c3/C=C\C)c12.CC. The number of hydrogen-bond acceptors (Lipinski definition) is 2. The molecular formula is C29H31NO. The van der Waals surface area contributed by atoms with Gasteiger partial charge in [-0.3, -0.25) is 0 Å². The van der Waals surface area contributed by atoms with Gasteiger partial charge in [-0.25, -0.2) is 0 Å². The lowest BCUT2D eigenvalue weighted by Crippen LogP contribution is -1.95. The predicted octanol–water partition coefficient (Wildman–Crippen LogP) is 9.20. The third-order valence-electron chi connectivity index (χ3n) is 5.22. The van der Waals surface area contributed by atoms with Gasteiger partial charge in [-0.05, 0) is 67.8 Å². The highest BCUT2D eigenvalue weighted by Gasteiger charge is 2.14. The summed E-state index contributed by atoms with van der Waals surface area (Å²) in [7, 11) is 0. The summed E-state index contributed by atoms with van der Waals surface area (Å²) in [6.07, 6.45) is 10.1. The Morgan fingerprint density at radius 2 is 1.61 bits per heavy atom. The lowest BCUT2D eigenvalue weighted by molar-refractivity contribution is 0.668. The monoisotopic (exact) mass is 409 g/mol. The maximum Gasteiger partial charge on any atom is 0.137 e. The molecule has 3 aromatic carbocycles. The van der Waals surface area contributed by atoms with E-state index in [-0.39, 0.29) is 0 Å². The normalized spacial score (nSPS) is 11.3. The summed E-state index contributed by atoms with van der Waals surface area (Å²) in [6, 6.07) is 16.8. The molecule has 0 unspecified atom stereocenters. The van der Waals surface area contributed by atoms with Gasteiger partial charge in [0, 0.05) is 16.6 Å². The van der Waals surface area contributed by atoms with E-state index in [1.54, 1.807) is 6.08 Å². The number of furan rings is 1. The fraction of sp³-hybridized carbons (Fsp3) is 0.172. The molecule has 1 N–H and O–H groups in total. The van der Waals surface area contributed by atoms with Crippen molar-refractivity contribution in [3.8, 4) is 0 Å². The summed E-state index contributed by atoms with van der Waals surface area (Å²) in [6.45, 7) is 14.1. The second-order valence-corrected chi connectivity index (χ2v) is 7.24. The Hall–Kier alpha value is -3.52.